The lowest BCUT2D eigenvalue weighted by molar-refractivity contribution is 0.113. The molecule has 2 nitrogen and oxygen atoms in total. The van der Waals surface area contributed by atoms with Crippen LogP contribution in [-0.2, 0) is 6.54 Å². The van der Waals surface area contributed by atoms with Gasteiger partial charge in [-0.2, -0.15) is 0 Å². The average molecular weight is 315 g/mol. The third-order valence-corrected chi connectivity index (χ3v) is 4.70. The Hall–Kier alpha value is -0.280. The van der Waals surface area contributed by atoms with Gasteiger partial charge in [0.25, 0.3) is 0 Å². The van der Waals surface area contributed by atoms with Crippen molar-refractivity contribution in [3.63, 3.8) is 0 Å². The van der Waals surface area contributed by atoms with E-state index in [4.69, 9.17) is 23.2 Å². The van der Waals surface area contributed by atoms with Crippen molar-refractivity contribution in [2.45, 2.75) is 51.7 Å². The lowest BCUT2D eigenvalue weighted by atomic mass is 10.0. The van der Waals surface area contributed by atoms with Crippen LogP contribution in [0.3, 0.4) is 0 Å². The van der Waals surface area contributed by atoms with Gasteiger partial charge in [0, 0.05) is 41.8 Å². The zero-order valence-electron chi connectivity index (χ0n) is 12.3. The normalized spacial score (nSPS) is 24.0. The topological polar surface area (TPSA) is 15.3 Å². The number of hydrogen-bond acceptors (Lipinski definition) is 2. The van der Waals surface area contributed by atoms with Crippen molar-refractivity contribution in [1.29, 1.82) is 0 Å². The summed E-state index contributed by atoms with van der Waals surface area (Å²) in [5.41, 5.74) is 1.17. The van der Waals surface area contributed by atoms with Crippen molar-refractivity contribution >= 4 is 23.2 Å². The summed E-state index contributed by atoms with van der Waals surface area (Å²) in [4.78, 5) is 2.57. The molecular weight excluding hydrogens is 291 g/mol. The van der Waals surface area contributed by atoms with E-state index in [9.17, 15) is 0 Å². The fourth-order valence-electron chi connectivity index (χ4n) is 2.88. The van der Waals surface area contributed by atoms with Gasteiger partial charge in [-0.3, -0.25) is 4.90 Å². The molecule has 0 bridgehead atoms. The second-order valence-corrected chi connectivity index (χ2v) is 6.46. The summed E-state index contributed by atoms with van der Waals surface area (Å²) in [5.74, 6) is 0. The molecule has 1 aromatic rings. The Balaban J connectivity index is 2.09. The maximum absolute atomic E-state index is 6.32. The number of halogens is 2. The second kappa shape index (κ2) is 7.65. The molecule has 2 atom stereocenters. The first-order valence-electron chi connectivity index (χ1n) is 7.55. The van der Waals surface area contributed by atoms with Gasteiger partial charge in [0.05, 0.1) is 0 Å². The van der Waals surface area contributed by atoms with Crippen LogP contribution in [0.2, 0.25) is 10.0 Å². The molecule has 1 N–H and O–H groups in total. The maximum Gasteiger partial charge on any atom is 0.0465 e. The lowest BCUT2D eigenvalue weighted by Crippen LogP contribution is -2.55. The molecule has 112 valence electrons. The molecule has 20 heavy (non-hydrogen) atoms. The van der Waals surface area contributed by atoms with E-state index in [2.05, 4.69) is 30.1 Å². The van der Waals surface area contributed by atoms with E-state index in [1.807, 2.05) is 12.1 Å². The van der Waals surface area contributed by atoms with E-state index in [1.165, 1.54) is 24.8 Å². The first-order valence-corrected chi connectivity index (χ1v) is 8.31. The highest BCUT2D eigenvalue weighted by Gasteiger charge is 2.26. The number of piperazine rings is 1. The van der Waals surface area contributed by atoms with Gasteiger partial charge in [0.15, 0.2) is 0 Å². The highest BCUT2D eigenvalue weighted by Crippen LogP contribution is 2.24. The first kappa shape index (κ1) is 16.1. The molecule has 1 fully saturated rings. The van der Waals surface area contributed by atoms with Crippen LogP contribution in [0.25, 0.3) is 0 Å². The number of benzene rings is 1. The van der Waals surface area contributed by atoms with Crippen LogP contribution in [0, 0.1) is 0 Å². The van der Waals surface area contributed by atoms with Crippen LogP contribution < -0.4 is 5.32 Å². The number of nitrogens with zero attached hydrogens (tertiary/aromatic N) is 1. The zero-order valence-corrected chi connectivity index (χ0v) is 13.8. The molecule has 0 saturated carbocycles. The molecule has 0 radical (unpaired) electrons. The van der Waals surface area contributed by atoms with Gasteiger partial charge in [0.2, 0.25) is 0 Å². The van der Waals surface area contributed by atoms with Gasteiger partial charge in [-0.1, -0.05) is 49.5 Å². The SMILES string of the molecule is CCCC1CNC(CC)CN1Cc1ccc(Cl)cc1Cl. The van der Waals surface area contributed by atoms with E-state index >= 15 is 0 Å². The maximum atomic E-state index is 6.32. The smallest absolute Gasteiger partial charge is 0.0465 e. The van der Waals surface area contributed by atoms with Gasteiger partial charge in [-0.05, 0) is 30.5 Å². The molecule has 1 heterocycles. The molecule has 1 saturated heterocycles. The predicted molar refractivity (Wildman–Crippen MR) is 87.6 cm³/mol. The molecule has 1 aliphatic rings. The van der Waals surface area contributed by atoms with Crippen molar-refractivity contribution < 1.29 is 0 Å². The van der Waals surface area contributed by atoms with Crippen LogP contribution >= 0.6 is 23.2 Å². The highest BCUT2D eigenvalue weighted by atomic mass is 35.5. The van der Waals surface area contributed by atoms with Gasteiger partial charge >= 0.3 is 0 Å². The standard InChI is InChI=1S/C16H24Cl2N2/c1-3-5-15-9-19-14(4-2)11-20(15)10-12-6-7-13(17)8-16(12)18/h6-8,14-15,19H,3-5,9-11H2,1-2H3. The summed E-state index contributed by atoms with van der Waals surface area (Å²) in [6, 6.07) is 7.02. The molecule has 2 unspecified atom stereocenters. The molecule has 0 aromatic heterocycles. The summed E-state index contributed by atoms with van der Waals surface area (Å²) in [6.07, 6.45) is 3.62. The average Bonchev–Trinajstić information content (AvgIpc) is 2.44. The van der Waals surface area contributed by atoms with Gasteiger partial charge < -0.3 is 5.32 Å². The van der Waals surface area contributed by atoms with Crippen molar-refractivity contribution in [2.24, 2.45) is 0 Å². The Morgan fingerprint density at radius 3 is 2.75 bits per heavy atom. The minimum absolute atomic E-state index is 0.592. The quantitative estimate of drug-likeness (QED) is 0.869. The predicted octanol–water partition coefficient (Wildman–Crippen LogP) is 4.35. The second-order valence-electron chi connectivity index (χ2n) is 5.62. The van der Waals surface area contributed by atoms with Crippen LogP contribution in [0.4, 0.5) is 0 Å². The highest BCUT2D eigenvalue weighted by molar-refractivity contribution is 6.35. The largest absolute Gasteiger partial charge is 0.311 e. The van der Waals surface area contributed by atoms with E-state index in [-0.39, 0.29) is 0 Å². The van der Waals surface area contributed by atoms with Crippen molar-refractivity contribution in [3.8, 4) is 0 Å². The Morgan fingerprint density at radius 1 is 1.30 bits per heavy atom. The minimum atomic E-state index is 0.592. The molecule has 4 heteroatoms. The number of nitrogens with one attached hydrogen (secondary N) is 1. The van der Waals surface area contributed by atoms with Crippen LogP contribution in [-0.4, -0.2) is 30.1 Å². The monoisotopic (exact) mass is 314 g/mol. The molecule has 1 aliphatic heterocycles. The van der Waals surface area contributed by atoms with E-state index < -0.39 is 0 Å². The van der Waals surface area contributed by atoms with E-state index in [0.717, 1.165) is 24.7 Å². The first-order chi connectivity index (χ1) is 9.63. The summed E-state index contributed by atoms with van der Waals surface area (Å²) in [7, 11) is 0. The Labute approximate surface area is 132 Å². The van der Waals surface area contributed by atoms with Crippen molar-refractivity contribution in [1.82, 2.24) is 10.2 Å². The van der Waals surface area contributed by atoms with Crippen molar-refractivity contribution in [3.05, 3.63) is 33.8 Å². The lowest BCUT2D eigenvalue weighted by Gasteiger charge is -2.40. The fourth-order valence-corrected chi connectivity index (χ4v) is 3.35. The summed E-state index contributed by atoms with van der Waals surface area (Å²) < 4.78 is 0. The van der Waals surface area contributed by atoms with Gasteiger partial charge in [0.1, 0.15) is 0 Å². The molecule has 0 spiro atoms. The third kappa shape index (κ3) is 4.11. The molecule has 1 aromatic carbocycles. The third-order valence-electron chi connectivity index (χ3n) is 4.12. The van der Waals surface area contributed by atoms with E-state index in [0.29, 0.717) is 17.1 Å². The zero-order chi connectivity index (χ0) is 14.5. The Kier molecular flexibility index (Phi) is 6.16. The molecule has 0 aliphatic carbocycles. The van der Waals surface area contributed by atoms with Gasteiger partial charge in [-0.15, -0.1) is 0 Å². The van der Waals surface area contributed by atoms with Crippen LogP contribution in [0.1, 0.15) is 38.7 Å². The summed E-state index contributed by atoms with van der Waals surface area (Å²) in [5, 5.41) is 5.13. The Bertz CT molecular complexity index is 436. The Morgan fingerprint density at radius 2 is 2.10 bits per heavy atom. The molecule has 0 amide bonds. The number of hydrogen-bond donors (Lipinski definition) is 1. The van der Waals surface area contributed by atoms with E-state index in [1.54, 1.807) is 0 Å². The fraction of sp³-hybridized carbons (Fsp3) is 0.625. The molecular formula is C16H24Cl2N2. The number of rotatable bonds is 5. The molecule has 2 rings (SSSR count). The van der Waals surface area contributed by atoms with Gasteiger partial charge in [-0.25, -0.2) is 0 Å². The minimum Gasteiger partial charge on any atom is -0.311 e. The summed E-state index contributed by atoms with van der Waals surface area (Å²) >= 11 is 12.3. The van der Waals surface area contributed by atoms with Crippen LogP contribution in [0.15, 0.2) is 18.2 Å². The summed E-state index contributed by atoms with van der Waals surface area (Å²) in [6.45, 7) is 7.58. The van der Waals surface area contributed by atoms with Crippen LogP contribution in [0.5, 0.6) is 0 Å². The van der Waals surface area contributed by atoms with Crippen molar-refractivity contribution in [2.75, 3.05) is 13.1 Å².